The summed E-state index contributed by atoms with van der Waals surface area (Å²) in [5, 5.41) is 3.46. The van der Waals surface area contributed by atoms with Crippen LogP contribution in [0.3, 0.4) is 0 Å². The lowest BCUT2D eigenvalue weighted by Gasteiger charge is -2.33. The highest BCUT2D eigenvalue weighted by atomic mass is 14.9. The molecule has 0 amide bonds. The Balaban J connectivity index is 1.63. The van der Waals surface area contributed by atoms with E-state index in [1.807, 2.05) is 12.4 Å². The Morgan fingerprint density at radius 1 is 1.21 bits per heavy atom. The van der Waals surface area contributed by atoms with E-state index in [0.717, 1.165) is 12.3 Å². The van der Waals surface area contributed by atoms with Gasteiger partial charge in [-0.25, -0.2) is 0 Å². The first kappa shape index (κ1) is 12.4. The van der Waals surface area contributed by atoms with E-state index in [1.54, 1.807) is 5.56 Å². The predicted octanol–water partition coefficient (Wildman–Crippen LogP) is 2.94. The molecule has 0 saturated carbocycles. The molecule has 2 unspecified atom stereocenters. The molecule has 2 aromatic rings. The van der Waals surface area contributed by atoms with Gasteiger partial charge in [0.15, 0.2) is 0 Å². The second-order valence-corrected chi connectivity index (χ2v) is 5.38. The SMILES string of the molecule is CNC(Cc1ccncc1)CC1Cc2ccccc21. The van der Waals surface area contributed by atoms with Gasteiger partial charge in [0.05, 0.1) is 0 Å². The lowest BCUT2D eigenvalue weighted by Crippen LogP contribution is -2.32. The molecule has 1 heterocycles. The van der Waals surface area contributed by atoms with Crippen molar-refractivity contribution in [3.8, 4) is 0 Å². The third-order valence-electron chi connectivity index (χ3n) is 4.17. The molecule has 0 bridgehead atoms. The van der Waals surface area contributed by atoms with Gasteiger partial charge in [0, 0.05) is 18.4 Å². The van der Waals surface area contributed by atoms with E-state index >= 15 is 0 Å². The van der Waals surface area contributed by atoms with Crippen LogP contribution < -0.4 is 5.32 Å². The molecule has 0 spiro atoms. The molecule has 0 radical (unpaired) electrons. The van der Waals surface area contributed by atoms with Crippen LogP contribution in [-0.4, -0.2) is 18.1 Å². The number of fused-ring (bicyclic) bond motifs is 1. The Kier molecular flexibility index (Phi) is 3.60. The summed E-state index contributed by atoms with van der Waals surface area (Å²) < 4.78 is 0. The van der Waals surface area contributed by atoms with Crippen LogP contribution in [0.1, 0.15) is 29.0 Å². The quantitative estimate of drug-likeness (QED) is 0.885. The van der Waals surface area contributed by atoms with Gasteiger partial charge >= 0.3 is 0 Å². The molecule has 2 nitrogen and oxygen atoms in total. The van der Waals surface area contributed by atoms with Crippen molar-refractivity contribution in [2.75, 3.05) is 7.05 Å². The van der Waals surface area contributed by atoms with Crippen LogP contribution in [-0.2, 0) is 12.8 Å². The first-order valence-corrected chi connectivity index (χ1v) is 7.01. The summed E-state index contributed by atoms with van der Waals surface area (Å²) in [5.41, 5.74) is 4.45. The van der Waals surface area contributed by atoms with Gasteiger partial charge in [-0.1, -0.05) is 24.3 Å². The molecule has 0 aliphatic heterocycles. The maximum Gasteiger partial charge on any atom is 0.0270 e. The van der Waals surface area contributed by atoms with Crippen molar-refractivity contribution in [1.82, 2.24) is 10.3 Å². The molecule has 1 aromatic carbocycles. The van der Waals surface area contributed by atoms with Gasteiger partial charge in [-0.15, -0.1) is 0 Å². The summed E-state index contributed by atoms with van der Waals surface area (Å²) in [4.78, 5) is 4.08. The molecule has 1 N–H and O–H groups in total. The van der Waals surface area contributed by atoms with Gasteiger partial charge in [0.2, 0.25) is 0 Å². The number of nitrogens with zero attached hydrogens (tertiary/aromatic N) is 1. The first-order valence-electron chi connectivity index (χ1n) is 7.01. The van der Waals surface area contributed by atoms with Crippen molar-refractivity contribution >= 4 is 0 Å². The number of likely N-dealkylation sites (N-methyl/N-ethyl adjacent to an activating group) is 1. The average Bonchev–Trinajstić information content (AvgIpc) is 2.44. The summed E-state index contributed by atoms with van der Waals surface area (Å²) >= 11 is 0. The zero-order valence-corrected chi connectivity index (χ0v) is 11.3. The van der Waals surface area contributed by atoms with Crippen LogP contribution in [0.2, 0.25) is 0 Å². The number of hydrogen-bond donors (Lipinski definition) is 1. The zero-order valence-electron chi connectivity index (χ0n) is 11.3. The number of rotatable bonds is 5. The van der Waals surface area contributed by atoms with Crippen molar-refractivity contribution in [3.05, 3.63) is 65.5 Å². The number of benzene rings is 1. The minimum Gasteiger partial charge on any atom is -0.317 e. The van der Waals surface area contributed by atoms with Gasteiger partial charge in [-0.05, 0) is 61.1 Å². The monoisotopic (exact) mass is 252 g/mol. The maximum atomic E-state index is 4.08. The first-order chi connectivity index (χ1) is 9.36. The molecule has 3 rings (SSSR count). The number of nitrogens with one attached hydrogen (secondary N) is 1. The highest BCUT2D eigenvalue weighted by molar-refractivity contribution is 5.40. The lowest BCUT2D eigenvalue weighted by molar-refractivity contribution is 0.438. The van der Waals surface area contributed by atoms with Crippen LogP contribution in [0.25, 0.3) is 0 Å². The average molecular weight is 252 g/mol. The van der Waals surface area contributed by atoms with Gasteiger partial charge < -0.3 is 5.32 Å². The zero-order chi connectivity index (χ0) is 13.1. The largest absolute Gasteiger partial charge is 0.317 e. The molecule has 2 heteroatoms. The summed E-state index contributed by atoms with van der Waals surface area (Å²) in [6.07, 6.45) is 7.29. The Morgan fingerprint density at radius 2 is 2.00 bits per heavy atom. The van der Waals surface area contributed by atoms with E-state index in [4.69, 9.17) is 0 Å². The highest BCUT2D eigenvalue weighted by Crippen LogP contribution is 2.38. The second kappa shape index (κ2) is 5.54. The Bertz CT molecular complexity index is 536. The molecule has 1 aliphatic rings. The third kappa shape index (κ3) is 2.69. The van der Waals surface area contributed by atoms with E-state index in [-0.39, 0.29) is 0 Å². The third-order valence-corrected chi connectivity index (χ3v) is 4.17. The summed E-state index contributed by atoms with van der Waals surface area (Å²) in [6.45, 7) is 0. The summed E-state index contributed by atoms with van der Waals surface area (Å²) in [5.74, 6) is 0.732. The molecule has 1 aliphatic carbocycles. The van der Waals surface area contributed by atoms with Crippen molar-refractivity contribution < 1.29 is 0 Å². The van der Waals surface area contributed by atoms with Crippen LogP contribution in [0, 0.1) is 0 Å². The molecular weight excluding hydrogens is 232 g/mol. The maximum absolute atomic E-state index is 4.08. The van der Waals surface area contributed by atoms with Gasteiger partial charge in [-0.3, -0.25) is 4.98 Å². The van der Waals surface area contributed by atoms with Crippen molar-refractivity contribution in [1.29, 1.82) is 0 Å². The molecule has 0 saturated heterocycles. The fourth-order valence-electron chi connectivity index (χ4n) is 3.02. The van der Waals surface area contributed by atoms with Crippen LogP contribution in [0.15, 0.2) is 48.8 Å². The summed E-state index contributed by atoms with van der Waals surface area (Å²) in [7, 11) is 2.07. The van der Waals surface area contributed by atoms with Crippen molar-refractivity contribution in [2.45, 2.75) is 31.2 Å². The molecule has 2 atom stereocenters. The Hall–Kier alpha value is -1.67. The van der Waals surface area contributed by atoms with Crippen LogP contribution >= 0.6 is 0 Å². The Labute approximate surface area is 114 Å². The standard InChI is InChI=1S/C17H20N2/c1-18-16(10-13-6-8-19-9-7-13)12-15-11-14-4-2-3-5-17(14)15/h2-9,15-16,18H,10-12H2,1H3. The fraction of sp³-hybridized carbons (Fsp3) is 0.353. The van der Waals surface area contributed by atoms with E-state index in [9.17, 15) is 0 Å². The molecular formula is C17H20N2. The van der Waals surface area contributed by atoms with E-state index in [1.165, 1.54) is 24.0 Å². The second-order valence-electron chi connectivity index (χ2n) is 5.38. The number of aromatic nitrogens is 1. The molecule has 0 fully saturated rings. The van der Waals surface area contributed by atoms with Crippen molar-refractivity contribution in [2.24, 2.45) is 0 Å². The number of hydrogen-bond acceptors (Lipinski definition) is 2. The number of pyridine rings is 1. The normalized spacial score (nSPS) is 18.5. The van der Waals surface area contributed by atoms with Gasteiger partial charge in [0.1, 0.15) is 0 Å². The van der Waals surface area contributed by atoms with E-state index in [2.05, 4.69) is 53.7 Å². The molecule has 1 aromatic heterocycles. The predicted molar refractivity (Wildman–Crippen MR) is 78.3 cm³/mol. The Morgan fingerprint density at radius 3 is 2.74 bits per heavy atom. The topological polar surface area (TPSA) is 24.9 Å². The highest BCUT2D eigenvalue weighted by Gasteiger charge is 2.27. The van der Waals surface area contributed by atoms with E-state index < -0.39 is 0 Å². The smallest absolute Gasteiger partial charge is 0.0270 e. The van der Waals surface area contributed by atoms with Crippen LogP contribution in [0.4, 0.5) is 0 Å². The summed E-state index contributed by atoms with van der Waals surface area (Å²) in [6, 6.07) is 13.6. The van der Waals surface area contributed by atoms with Gasteiger partial charge in [0.25, 0.3) is 0 Å². The lowest BCUT2D eigenvalue weighted by atomic mass is 9.74. The van der Waals surface area contributed by atoms with Crippen LogP contribution in [0.5, 0.6) is 0 Å². The molecule has 19 heavy (non-hydrogen) atoms. The van der Waals surface area contributed by atoms with E-state index in [0.29, 0.717) is 6.04 Å². The molecule has 98 valence electrons. The fourth-order valence-corrected chi connectivity index (χ4v) is 3.02. The van der Waals surface area contributed by atoms with Crippen molar-refractivity contribution in [3.63, 3.8) is 0 Å². The minimum atomic E-state index is 0.542. The minimum absolute atomic E-state index is 0.542. The van der Waals surface area contributed by atoms with Gasteiger partial charge in [-0.2, -0.15) is 0 Å².